The largest absolute Gasteiger partial charge is 0.474 e. The molecule has 7 aliphatic rings. The maximum absolute atomic E-state index is 13.0. The van der Waals surface area contributed by atoms with Gasteiger partial charge in [0.1, 0.15) is 11.4 Å². The third-order valence-electron chi connectivity index (χ3n) is 9.89. The van der Waals surface area contributed by atoms with Gasteiger partial charge in [0.05, 0.1) is 36.8 Å². The minimum Gasteiger partial charge on any atom is -0.474 e. The minimum atomic E-state index is -0.130. The Bertz CT molecular complexity index is 1000. The summed E-state index contributed by atoms with van der Waals surface area (Å²) in [6.07, 6.45) is 8.06. The molecule has 0 aromatic carbocycles. The number of rotatable bonds is 6. The minimum absolute atomic E-state index is 0.0790. The van der Waals surface area contributed by atoms with Crippen LogP contribution in [0.15, 0.2) is 12.0 Å². The van der Waals surface area contributed by atoms with E-state index < -0.39 is 0 Å². The van der Waals surface area contributed by atoms with Gasteiger partial charge in [-0.2, -0.15) is 0 Å². The number of morpholine rings is 1. The van der Waals surface area contributed by atoms with E-state index in [-0.39, 0.29) is 64.7 Å². The van der Waals surface area contributed by atoms with Gasteiger partial charge in [0, 0.05) is 55.5 Å². The normalized spacial score (nSPS) is 45.5. The van der Waals surface area contributed by atoms with E-state index in [9.17, 15) is 9.59 Å². The summed E-state index contributed by atoms with van der Waals surface area (Å²) in [6, 6.07) is 0.745. The Morgan fingerprint density at radius 2 is 1.95 bits per heavy atom. The summed E-state index contributed by atoms with van der Waals surface area (Å²) in [5.41, 5.74) is 6.44. The molecular weight excluding hydrogens is 550 g/mol. The molecule has 7 N–H and O–H groups in total. The van der Waals surface area contributed by atoms with Gasteiger partial charge in [-0.15, -0.1) is 11.8 Å². The molecule has 0 spiro atoms. The zero-order chi connectivity index (χ0) is 27.2. The number of thioether (sulfide) groups is 1. The monoisotopic (exact) mass is 593 g/mol. The van der Waals surface area contributed by atoms with Crippen LogP contribution >= 0.6 is 23.7 Å². The summed E-state index contributed by atoms with van der Waals surface area (Å²) in [4.78, 5) is 28.0. The number of hydrogen-bond donors (Lipinski definition) is 6. The van der Waals surface area contributed by atoms with Crippen molar-refractivity contribution in [2.24, 2.45) is 23.5 Å². The third kappa shape index (κ3) is 5.52. The summed E-state index contributed by atoms with van der Waals surface area (Å²) in [6.45, 7) is 3.57. The van der Waals surface area contributed by atoms with E-state index in [1.165, 1.54) is 12.8 Å². The first kappa shape index (κ1) is 27.8. The Morgan fingerprint density at radius 3 is 2.80 bits per heavy atom. The Kier molecular flexibility index (Phi) is 8.26. The van der Waals surface area contributed by atoms with Crippen LogP contribution in [0.1, 0.15) is 38.5 Å². The van der Waals surface area contributed by atoms with Crippen LogP contribution in [0, 0.1) is 17.8 Å². The Morgan fingerprint density at radius 1 is 1.10 bits per heavy atom. The second-order valence-corrected chi connectivity index (χ2v) is 14.6. The predicted octanol–water partition coefficient (Wildman–Crippen LogP) is -0.347. The molecular formula is C27H43N7O4S2. The van der Waals surface area contributed by atoms with Crippen molar-refractivity contribution in [1.29, 1.82) is 0 Å². The highest BCUT2D eigenvalue weighted by molar-refractivity contribution is 8.01. The molecule has 1 aliphatic carbocycles. The van der Waals surface area contributed by atoms with E-state index in [1.54, 1.807) is 29.8 Å². The summed E-state index contributed by atoms with van der Waals surface area (Å²) < 4.78 is 15.7. The number of nitrogens with one attached hydrogen (secondary N) is 5. The highest BCUT2D eigenvalue weighted by Gasteiger charge is 2.51. The molecule has 0 bridgehead atoms. The molecule has 11 atom stereocenters. The quantitative estimate of drug-likeness (QED) is 0.224. The van der Waals surface area contributed by atoms with Crippen LogP contribution in [0.4, 0.5) is 0 Å². The molecule has 40 heavy (non-hydrogen) atoms. The summed E-state index contributed by atoms with van der Waals surface area (Å²) >= 11 is 3.44. The van der Waals surface area contributed by atoms with Crippen molar-refractivity contribution < 1.29 is 19.1 Å². The maximum atomic E-state index is 13.0. The lowest BCUT2D eigenvalue weighted by molar-refractivity contribution is -0.125. The molecule has 11 nitrogen and oxygen atoms in total. The molecule has 0 radical (unpaired) electrons. The van der Waals surface area contributed by atoms with Gasteiger partial charge < -0.3 is 25.4 Å². The number of amides is 1. The number of carbonyl (C=O) groups is 2. The molecule has 1 amide bonds. The molecule has 7 rings (SSSR count). The maximum Gasteiger partial charge on any atom is 0.226 e. The molecule has 0 aromatic rings. The molecule has 6 heterocycles. The first-order valence-electron chi connectivity index (χ1n) is 15.1. The van der Waals surface area contributed by atoms with Crippen molar-refractivity contribution in [2.75, 3.05) is 38.6 Å². The van der Waals surface area contributed by atoms with Crippen molar-refractivity contribution in [3.63, 3.8) is 0 Å². The lowest BCUT2D eigenvalue weighted by Gasteiger charge is -2.42. The number of ketones is 1. The number of allylic oxidation sites excluding steroid dienone is 1. The van der Waals surface area contributed by atoms with Crippen molar-refractivity contribution in [3.8, 4) is 0 Å². The fraction of sp³-hybridized carbons (Fsp3) is 0.852. The summed E-state index contributed by atoms with van der Waals surface area (Å²) in [5, 5.41) is 14.5. The van der Waals surface area contributed by atoms with E-state index in [1.807, 2.05) is 0 Å². The molecule has 6 fully saturated rings. The lowest BCUT2D eigenvalue weighted by atomic mass is 9.83. The Hall–Kier alpha value is -1.06. The first-order chi connectivity index (χ1) is 19.5. The van der Waals surface area contributed by atoms with Crippen molar-refractivity contribution in [3.05, 3.63) is 12.0 Å². The smallest absolute Gasteiger partial charge is 0.226 e. The molecule has 0 aromatic heterocycles. The average molecular weight is 594 g/mol. The number of nitrogens with two attached hydrogens (primary N) is 1. The Balaban J connectivity index is 0.985. The Labute approximate surface area is 244 Å². The zero-order valence-corrected chi connectivity index (χ0v) is 24.5. The van der Waals surface area contributed by atoms with E-state index >= 15 is 0 Å². The van der Waals surface area contributed by atoms with Crippen LogP contribution in [0.2, 0.25) is 0 Å². The fourth-order valence-electron chi connectivity index (χ4n) is 7.68. The summed E-state index contributed by atoms with van der Waals surface area (Å²) in [7, 11) is 0. The number of piperidine rings is 1. The van der Waals surface area contributed by atoms with Crippen LogP contribution in [-0.4, -0.2) is 102 Å². The van der Waals surface area contributed by atoms with Crippen LogP contribution in [0.3, 0.4) is 0 Å². The molecule has 13 heteroatoms. The van der Waals surface area contributed by atoms with Crippen molar-refractivity contribution in [2.45, 2.75) is 85.7 Å². The molecule has 222 valence electrons. The second-order valence-electron chi connectivity index (χ2n) is 12.4. The first-order valence-corrected chi connectivity index (χ1v) is 17.1. The van der Waals surface area contributed by atoms with Gasteiger partial charge in [-0.1, -0.05) is 24.8 Å². The predicted molar refractivity (Wildman–Crippen MR) is 155 cm³/mol. The van der Waals surface area contributed by atoms with Crippen LogP contribution in [0.25, 0.3) is 0 Å². The van der Waals surface area contributed by atoms with Crippen LogP contribution in [-0.2, 0) is 19.1 Å². The average Bonchev–Trinajstić information content (AvgIpc) is 3.69. The van der Waals surface area contributed by atoms with E-state index in [0.29, 0.717) is 31.1 Å². The number of hydrogen-bond acceptors (Lipinski definition) is 12. The molecule has 9 unspecified atom stereocenters. The number of ether oxygens (including phenoxy) is 2. The van der Waals surface area contributed by atoms with E-state index in [2.05, 4.69) is 30.9 Å². The number of carbonyl (C=O) groups excluding carboxylic acids is 2. The highest BCUT2D eigenvalue weighted by atomic mass is 32.2. The van der Waals surface area contributed by atoms with Crippen molar-refractivity contribution >= 4 is 35.4 Å². The van der Waals surface area contributed by atoms with Gasteiger partial charge in [-0.05, 0) is 31.6 Å². The van der Waals surface area contributed by atoms with Gasteiger partial charge in [0.2, 0.25) is 5.91 Å². The van der Waals surface area contributed by atoms with Gasteiger partial charge in [0.15, 0.2) is 11.7 Å². The van der Waals surface area contributed by atoms with Gasteiger partial charge in [-0.25, -0.2) is 0 Å². The molecule has 1 saturated carbocycles. The number of fused-ring (bicyclic) bond motifs is 2. The van der Waals surface area contributed by atoms with Crippen LogP contribution in [0.5, 0.6) is 0 Å². The SMILES string of the molecule is N[C@@H]1CCCC[C@@H]1NC1CC2CNC(=O)C2C(NC2CC(C3CSC4C(=O)C=C(N5CCOCC5)OC43)NS2)N1. The number of nitrogens with zero attached hydrogens (tertiary/aromatic N) is 1. The lowest BCUT2D eigenvalue weighted by Crippen LogP contribution is -2.66. The fourth-order valence-corrected chi connectivity index (χ4v) is 10.3. The van der Waals surface area contributed by atoms with Crippen LogP contribution < -0.4 is 31.7 Å². The van der Waals surface area contributed by atoms with Gasteiger partial charge in [0.25, 0.3) is 0 Å². The molecule has 6 aliphatic heterocycles. The zero-order valence-electron chi connectivity index (χ0n) is 22.9. The highest BCUT2D eigenvalue weighted by Crippen LogP contribution is 2.44. The standard InChI is InChI=1S/C27H43N7O4S2/c28-16-3-1-2-4-17(16)30-20-9-14-12-29-27(36)23(14)26(31-20)32-21-10-18(33-40-21)15-13-39-25-19(35)11-22(38-24(15)25)34-5-7-37-8-6-34/h11,14-18,20-21,23-26,30-33H,1-10,12-13,28H2,(H,29,36)/t14?,15?,16-,17+,18?,20?,21?,23?,24?,25?,26?/m1/s1. The van der Waals surface area contributed by atoms with Gasteiger partial charge >= 0.3 is 0 Å². The summed E-state index contributed by atoms with van der Waals surface area (Å²) in [5.74, 6) is 2.39. The van der Waals surface area contributed by atoms with E-state index in [4.69, 9.17) is 15.2 Å². The third-order valence-corrected chi connectivity index (χ3v) is 12.4. The second kappa shape index (κ2) is 11.9. The topological polar surface area (TPSA) is 142 Å². The molecule has 5 saturated heterocycles. The van der Waals surface area contributed by atoms with Crippen molar-refractivity contribution in [1.82, 2.24) is 30.9 Å². The van der Waals surface area contributed by atoms with E-state index in [0.717, 1.165) is 51.1 Å². The van der Waals surface area contributed by atoms with Gasteiger partial charge in [-0.3, -0.25) is 30.3 Å².